The molecule has 6 heteroatoms. The first-order valence-electron chi connectivity index (χ1n) is 6.30. The van der Waals surface area contributed by atoms with E-state index in [1.54, 1.807) is 11.8 Å². The molecule has 18 heavy (non-hydrogen) atoms. The number of hydrogen-bond donors (Lipinski definition) is 2. The second-order valence-corrected chi connectivity index (χ2v) is 4.60. The van der Waals surface area contributed by atoms with Gasteiger partial charge in [-0.25, -0.2) is 9.97 Å². The van der Waals surface area contributed by atoms with E-state index in [0.29, 0.717) is 0 Å². The van der Waals surface area contributed by atoms with Crippen molar-refractivity contribution in [3.63, 3.8) is 0 Å². The minimum absolute atomic E-state index is 0.784. The van der Waals surface area contributed by atoms with Crippen molar-refractivity contribution in [3.05, 3.63) is 6.07 Å². The molecular formula is C12H23N5S. The first-order chi connectivity index (χ1) is 8.73. The predicted octanol–water partition coefficient (Wildman–Crippen LogP) is 1.99. The third-order valence-corrected chi connectivity index (χ3v) is 3.32. The first-order valence-corrected chi connectivity index (χ1v) is 7.53. The smallest absolute Gasteiger partial charge is 0.191 e. The highest BCUT2D eigenvalue weighted by Crippen LogP contribution is 2.16. The summed E-state index contributed by atoms with van der Waals surface area (Å²) in [4.78, 5) is 11.1. The quantitative estimate of drug-likeness (QED) is 0.556. The van der Waals surface area contributed by atoms with Crippen molar-refractivity contribution in [2.75, 3.05) is 50.1 Å². The van der Waals surface area contributed by atoms with E-state index in [9.17, 15) is 0 Å². The highest BCUT2D eigenvalue weighted by atomic mass is 32.2. The molecule has 0 bridgehead atoms. The number of thioether (sulfide) groups is 1. The molecule has 0 atom stereocenters. The van der Waals surface area contributed by atoms with E-state index in [-0.39, 0.29) is 0 Å². The summed E-state index contributed by atoms with van der Waals surface area (Å²) in [5.74, 6) is 1.73. The molecule has 102 valence electrons. The molecule has 0 radical (unpaired) electrons. The molecule has 5 nitrogen and oxygen atoms in total. The Morgan fingerprint density at radius 3 is 2.44 bits per heavy atom. The number of hydrogen-bond acceptors (Lipinski definition) is 6. The van der Waals surface area contributed by atoms with Gasteiger partial charge in [0.2, 0.25) is 0 Å². The summed E-state index contributed by atoms with van der Waals surface area (Å²) in [5.41, 5.74) is 0. The largest absolute Gasteiger partial charge is 0.373 e. The normalized spacial score (nSPS) is 10.7. The van der Waals surface area contributed by atoms with Crippen molar-refractivity contribution >= 4 is 23.4 Å². The van der Waals surface area contributed by atoms with E-state index in [2.05, 4.69) is 39.3 Å². The summed E-state index contributed by atoms with van der Waals surface area (Å²) >= 11 is 1.55. The molecule has 0 aliphatic carbocycles. The van der Waals surface area contributed by atoms with Crippen LogP contribution >= 0.6 is 11.8 Å². The summed E-state index contributed by atoms with van der Waals surface area (Å²) in [7, 11) is 1.87. The zero-order chi connectivity index (χ0) is 13.4. The maximum Gasteiger partial charge on any atom is 0.191 e. The third kappa shape index (κ3) is 4.70. The summed E-state index contributed by atoms with van der Waals surface area (Å²) in [6, 6.07) is 1.93. The monoisotopic (exact) mass is 269 g/mol. The lowest BCUT2D eigenvalue weighted by Crippen LogP contribution is -2.28. The van der Waals surface area contributed by atoms with Crippen molar-refractivity contribution in [1.82, 2.24) is 14.9 Å². The van der Waals surface area contributed by atoms with Crippen molar-refractivity contribution < 1.29 is 0 Å². The van der Waals surface area contributed by atoms with Gasteiger partial charge in [-0.2, -0.15) is 0 Å². The maximum atomic E-state index is 4.43. The van der Waals surface area contributed by atoms with E-state index >= 15 is 0 Å². The zero-order valence-corrected chi connectivity index (χ0v) is 12.5. The second kappa shape index (κ2) is 8.16. The molecule has 0 fully saturated rings. The number of nitrogens with zero attached hydrogens (tertiary/aromatic N) is 3. The van der Waals surface area contributed by atoms with Crippen LogP contribution < -0.4 is 10.6 Å². The van der Waals surface area contributed by atoms with Crippen LogP contribution in [0.4, 0.5) is 11.6 Å². The molecule has 0 amide bonds. The second-order valence-electron chi connectivity index (χ2n) is 3.83. The number of rotatable bonds is 8. The fraction of sp³-hybridized carbons (Fsp3) is 0.667. The van der Waals surface area contributed by atoms with Crippen LogP contribution in [0.15, 0.2) is 11.2 Å². The summed E-state index contributed by atoms with van der Waals surface area (Å²) in [6.45, 7) is 8.45. The van der Waals surface area contributed by atoms with Crippen LogP contribution in [-0.4, -0.2) is 54.4 Å². The van der Waals surface area contributed by atoms with Gasteiger partial charge in [-0.1, -0.05) is 25.6 Å². The highest BCUT2D eigenvalue weighted by Gasteiger charge is 2.03. The Labute approximate surface area is 114 Å². The fourth-order valence-corrected chi connectivity index (χ4v) is 2.00. The number of nitrogens with one attached hydrogen (secondary N) is 2. The van der Waals surface area contributed by atoms with Gasteiger partial charge in [0, 0.05) is 26.2 Å². The average Bonchev–Trinajstić information content (AvgIpc) is 2.43. The van der Waals surface area contributed by atoms with Gasteiger partial charge in [0.25, 0.3) is 0 Å². The Morgan fingerprint density at radius 1 is 1.22 bits per heavy atom. The van der Waals surface area contributed by atoms with Crippen molar-refractivity contribution in [2.45, 2.75) is 19.0 Å². The molecule has 1 aromatic heterocycles. The Balaban J connectivity index is 2.55. The van der Waals surface area contributed by atoms with Gasteiger partial charge in [0.1, 0.15) is 11.6 Å². The Hall–Kier alpha value is -1.01. The molecular weight excluding hydrogens is 246 g/mol. The van der Waals surface area contributed by atoms with Crippen molar-refractivity contribution in [3.8, 4) is 0 Å². The van der Waals surface area contributed by atoms with E-state index in [4.69, 9.17) is 0 Å². The van der Waals surface area contributed by atoms with Gasteiger partial charge in [-0.15, -0.1) is 0 Å². The van der Waals surface area contributed by atoms with Crippen LogP contribution in [-0.2, 0) is 0 Å². The Bertz CT molecular complexity index is 332. The molecule has 0 spiro atoms. The van der Waals surface area contributed by atoms with Crippen LogP contribution in [0.2, 0.25) is 0 Å². The summed E-state index contributed by atoms with van der Waals surface area (Å²) in [5, 5.41) is 7.18. The molecule has 1 rings (SSSR count). The van der Waals surface area contributed by atoms with Crippen LogP contribution in [0.3, 0.4) is 0 Å². The number of anilines is 2. The lowest BCUT2D eigenvalue weighted by Gasteiger charge is -2.18. The Morgan fingerprint density at radius 2 is 1.89 bits per heavy atom. The van der Waals surface area contributed by atoms with Gasteiger partial charge in [0.15, 0.2) is 5.16 Å². The lowest BCUT2D eigenvalue weighted by atomic mass is 10.4. The van der Waals surface area contributed by atoms with Gasteiger partial charge in [-0.3, -0.25) is 0 Å². The summed E-state index contributed by atoms with van der Waals surface area (Å²) < 4.78 is 0. The minimum Gasteiger partial charge on any atom is -0.373 e. The molecule has 0 aromatic carbocycles. The maximum absolute atomic E-state index is 4.43. The topological polar surface area (TPSA) is 53.1 Å². The average molecular weight is 269 g/mol. The number of aromatic nitrogens is 2. The molecule has 0 aliphatic rings. The predicted molar refractivity (Wildman–Crippen MR) is 79.6 cm³/mol. The van der Waals surface area contributed by atoms with Gasteiger partial charge >= 0.3 is 0 Å². The third-order valence-electron chi connectivity index (χ3n) is 2.77. The standard InChI is InChI=1S/C12H23N5S/c1-5-17(6-2)8-7-14-11-9-10(13-3)15-12(16-11)18-4/h9H,5-8H2,1-4H3,(H2,13,14,15,16). The van der Waals surface area contributed by atoms with E-state index in [0.717, 1.165) is 43.0 Å². The van der Waals surface area contributed by atoms with Crippen molar-refractivity contribution in [1.29, 1.82) is 0 Å². The van der Waals surface area contributed by atoms with E-state index in [1.807, 2.05) is 19.4 Å². The van der Waals surface area contributed by atoms with Crippen LogP contribution in [0.25, 0.3) is 0 Å². The Kier molecular flexibility index (Phi) is 6.82. The van der Waals surface area contributed by atoms with E-state index in [1.165, 1.54) is 0 Å². The molecule has 2 N–H and O–H groups in total. The molecule has 1 heterocycles. The summed E-state index contributed by atoms with van der Waals surface area (Å²) in [6.07, 6.45) is 1.98. The van der Waals surface area contributed by atoms with Gasteiger partial charge in [0.05, 0.1) is 0 Å². The molecule has 0 unspecified atom stereocenters. The molecule has 0 saturated carbocycles. The SMILES string of the molecule is CCN(CC)CCNc1cc(NC)nc(SC)n1. The zero-order valence-electron chi connectivity index (χ0n) is 11.7. The van der Waals surface area contributed by atoms with Crippen molar-refractivity contribution in [2.24, 2.45) is 0 Å². The minimum atomic E-state index is 0.784. The van der Waals surface area contributed by atoms with E-state index < -0.39 is 0 Å². The van der Waals surface area contributed by atoms with Crippen LogP contribution in [0.5, 0.6) is 0 Å². The van der Waals surface area contributed by atoms with Crippen LogP contribution in [0.1, 0.15) is 13.8 Å². The van der Waals surface area contributed by atoms with Gasteiger partial charge in [-0.05, 0) is 19.3 Å². The van der Waals surface area contributed by atoms with Gasteiger partial charge < -0.3 is 15.5 Å². The highest BCUT2D eigenvalue weighted by molar-refractivity contribution is 7.98. The lowest BCUT2D eigenvalue weighted by molar-refractivity contribution is 0.316. The molecule has 0 saturated heterocycles. The first kappa shape index (κ1) is 15.0. The molecule has 1 aromatic rings. The molecule has 0 aliphatic heterocycles. The fourth-order valence-electron chi connectivity index (χ4n) is 1.62. The number of likely N-dealkylation sites (N-methyl/N-ethyl adjacent to an activating group) is 1. The van der Waals surface area contributed by atoms with Crippen LogP contribution in [0, 0.1) is 0 Å².